The minimum Gasteiger partial charge on any atom is -0.392 e. The lowest BCUT2D eigenvalue weighted by Gasteiger charge is -2.34. The Morgan fingerprint density at radius 3 is 2.64 bits per heavy atom. The Balaban J connectivity index is 1.85. The van der Waals surface area contributed by atoms with E-state index in [0.29, 0.717) is 13.0 Å². The van der Waals surface area contributed by atoms with Crippen molar-refractivity contribution >= 4 is 29.1 Å². The normalized spacial score (nSPS) is 36.8. The van der Waals surface area contributed by atoms with Crippen molar-refractivity contribution in [1.82, 2.24) is 10.3 Å². The summed E-state index contributed by atoms with van der Waals surface area (Å²) in [6.45, 7) is 11.4. The molecular weight excluding hydrogens is 478 g/mol. The Hall–Kier alpha value is -1.65. The molecule has 0 saturated carbocycles. The Kier molecular flexibility index (Phi) is 9.15. The average Bonchev–Trinajstić information content (AvgIpc) is 3.23. The second-order valence-corrected chi connectivity index (χ2v) is 12.4. The van der Waals surface area contributed by atoms with Crippen LogP contribution in [0.2, 0.25) is 0 Å². The van der Waals surface area contributed by atoms with E-state index in [0.717, 1.165) is 35.5 Å². The summed E-state index contributed by atoms with van der Waals surface area (Å²) in [6, 6.07) is -0.300. The van der Waals surface area contributed by atoms with Crippen LogP contribution in [0.5, 0.6) is 0 Å². The molecule has 0 spiro atoms. The van der Waals surface area contributed by atoms with Crippen molar-refractivity contribution in [1.29, 1.82) is 0 Å². The van der Waals surface area contributed by atoms with Gasteiger partial charge >= 0.3 is 0 Å². The van der Waals surface area contributed by atoms with Crippen LogP contribution < -0.4 is 11.1 Å². The number of hydrogen-bond donors (Lipinski definition) is 4. The fourth-order valence-electron chi connectivity index (χ4n) is 5.23. The predicted molar refractivity (Wildman–Crippen MR) is 141 cm³/mol. The van der Waals surface area contributed by atoms with Crippen molar-refractivity contribution in [2.75, 3.05) is 0 Å². The third kappa shape index (κ3) is 6.61. The molecule has 9 heteroatoms. The van der Waals surface area contributed by atoms with Crippen LogP contribution >= 0.6 is 11.3 Å². The van der Waals surface area contributed by atoms with Gasteiger partial charge in [-0.15, -0.1) is 11.3 Å². The van der Waals surface area contributed by atoms with Gasteiger partial charge in [0.05, 0.1) is 47.5 Å². The number of nitrogens with one attached hydrogen (secondary N) is 1. The van der Waals surface area contributed by atoms with E-state index in [-0.39, 0.29) is 41.8 Å². The highest BCUT2D eigenvalue weighted by atomic mass is 32.1. The number of aromatic nitrogens is 1. The summed E-state index contributed by atoms with van der Waals surface area (Å²) in [5, 5.41) is 27.6. The maximum Gasteiger partial charge on any atom is 0.223 e. The summed E-state index contributed by atoms with van der Waals surface area (Å²) >= 11 is 1.50. The molecule has 202 valence electrons. The van der Waals surface area contributed by atoms with Crippen LogP contribution in [-0.4, -0.2) is 56.8 Å². The molecule has 3 rings (SSSR count). The van der Waals surface area contributed by atoms with E-state index in [2.05, 4.69) is 17.2 Å². The highest BCUT2D eigenvalue weighted by molar-refractivity contribution is 7.09. The van der Waals surface area contributed by atoms with Gasteiger partial charge in [0, 0.05) is 24.3 Å². The summed E-state index contributed by atoms with van der Waals surface area (Å²) in [4.78, 5) is 30.8. The number of thiazole rings is 1. The summed E-state index contributed by atoms with van der Waals surface area (Å²) in [5.41, 5.74) is 5.98. The Labute approximate surface area is 218 Å². The molecule has 2 aliphatic rings. The molecule has 8 nitrogen and oxygen atoms in total. The number of amides is 1. The smallest absolute Gasteiger partial charge is 0.223 e. The van der Waals surface area contributed by atoms with Crippen LogP contribution in [0.3, 0.4) is 0 Å². The van der Waals surface area contributed by atoms with Gasteiger partial charge in [0.25, 0.3) is 0 Å². The second kappa shape index (κ2) is 11.4. The Bertz CT molecular complexity index is 976. The molecule has 0 aliphatic carbocycles. The zero-order valence-corrected chi connectivity index (χ0v) is 23.2. The number of carbonyl (C=O) groups excluding carboxylic acids is 2. The first-order chi connectivity index (χ1) is 16.8. The third-order valence-electron chi connectivity index (χ3n) is 8.18. The van der Waals surface area contributed by atoms with Gasteiger partial charge in [-0.3, -0.25) is 9.59 Å². The quantitative estimate of drug-likeness (QED) is 0.448. The number of epoxide rings is 1. The fourth-order valence-corrected chi connectivity index (χ4v) is 5.86. The van der Waals surface area contributed by atoms with Crippen LogP contribution in [0, 0.1) is 17.3 Å². The summed E-state index contributed by atoms with van der Waals surface area (Å²) < 4.78 is 6.10. The van der Waals surface area contributed by atoms with Gasteiger partial charge in [0.2, 0.25) is 5.91 Å². The van der Waals surface area contributed by atoms with E-state index in [1.54, 1.807) is 20.8 Å². The van der Waals surface area contributed by atoms with E-state index < -0.39 is 23.5 Å². The van der Waals surface area contributed by atoms with Gasteiger partial charge in [-0.05, 0) is 44.3 Å². The maximum absolute atomic E-state index is 13.2. The first-order valence-corrected chi connectivity index (χ1v) is 13.9. The number of ether oxygens (including phenoxy) is 1. The number of fused-ring (bicyclic) bond motifs is 1. The standard InChI is InChI=1S/C27H43N3O5S/c1-15-8-7-9-27(6)21(35-27)11-19(16(2)10-18-14-36-23(13-28)29-18)30-22(32)12-20(31)26(4,5)25(34)17(3)24(15)33/h10,14-15,17,19-21,24,31,33H,7-9,11-13,28H2,1-6H3,(H,30,32)/b16-10+/t15?,17?,19-,20?,21?,24-,27+/m0/s1. The number of hydrogen-bond acceptors (Lipinski definition) is 8. The molecule has 0 radical (unpaired) electrons. The third-order valence-corrected chi connectivity index (χ3v) is 9.07. The molecule has 36 heavy (non-hydrogen) atoms. The number of aliphatic hydroxyl groups excluding tert-OH is 2. The highest BCUT2D eigenvalue weighted by Crippen LogP contribution is 2.44. The van der Waals surface area contributed by atoms with Crippen LogP contribution in [0.25, 0.3) is 6.08 Å². The van der Waals surface area contributed by atoms with E-state index in [1.165, 1.54) is 11.3 Å². The van der Waals surface area contributed by atoms with Crippen molar-refractivity contribution in [3.63, 3.8) is 0 Å². The SMILES string of the molecule is C/C(=C\c1csc(CN)n1)[C@@H]1CC2O[C@]2(C)CCCC(C)[C@H](O)C(C)C(=O)C(C)(C)C(O)CC(=O)N1. The van der Waals surface area contributed by atoms with Crippen molar-refractivity contribution in [3.8, 4) is 0 Å². The molecule has 5 N–H and O–H groups in total. The monoisotopic (exact) mass is 521 g/mol. The Morgan fingerprint density at radius 2 is 2.00 bits per heavy atom. The van der Waals surface area contributed by atoms with E-state index in [1.807, 2.05) is 25.3 Å². The number of carbonyl (C=O) groups is 2. The molecule has 2 fully saturated rings. The summed E-state index contributed by atoms with van der Waals surface area (Å²) in [7, 11) is 0. The number of rotatable bonds is 3. The minimum absolute atomic E-state index is 0.00353. The van der Waals surface area contributed by atoms with Gasteiger partial charge in [-0.25, -0.2) is 4.98 Å². The number of nitrogens with zero attached hydrogens (tertiary/aromatic N) is 1. The first-order valence-electron chi connectivity index (χ1n) is 13.0. The molecule has 2 saturated heterocycles. The number of Topliss-reactive ketones (excluding diaryl/α,β-unsaturated/α-hetero) is 1. The van der Waals surface area contributed by atoms with Crippen LogP contribution in [0.15, 0.2) is 11.0 Å². The van der Waals surface area contributed by atoms with E-state index in [4.69, 9.17) is 10.5 Å². The summed E-state index contributed by atoms with van der Waals surface area (Å²) in [6.07, 6.45) is 2.84. The van der Waals surface area contributed by atoms with Crippen molar-refractivity contribution in [3.05, 3.63) is 21.7 Å². The minimum atomic E-state index is -1.18. The zero-order valence-electron chi connectivity index (χ0n) is 22.4. The molecule has 1 aromatic rings. The summed E-state index contributed by atoms with van der Waals surface area (Å²) in [5.74, 6) is -1.28. The van der Waals surface area contributed by atoms with Crippen molar-refractivity contribution in [2.24, 2.45) is 23.0 Å². The molecule has 2 aliphatic heterocycles. The largest absolute Gasteiger partial charge is 0.392 e. The van der Waals surface area contributed by atoms with Crippen molar-refractivity contribution in [2.45, 2.75) is 110 Å². The zero-order chi connectivity index (χ0) is 26.8. The van der Waals surface area contributed by atoms with Gasteiger partial charge in [0.1, 0.15) is 10.8 Å². The Morgan fingerprint density at radius 1 is 1.31 bits per heavy atom. The second-order valence-electron chi connectivity index (χ2n) is 11.5. The van der Waals surface area contributed by atoms with Gasteiger partial charge in [-0.2, -0.15) is 0 Å². The highest BCUT2D eigenvalue weighted by Gasteiger charge is 2.52. The van der Waals surface area contributed by atoms with E-state index >= 15 is 0 Å². The van der Waals surface area contributed by atoms with Crippen LogP contribution in [0.1, 0.15) is 84.3 Å². The number of aliphatic hydroxyl groups is 2. The molecule has 1 amide bonds. The average molecular weight is 522 g/mol. The molecule has 3 heterocycles. The van der Waals surface area contributed by atoms with Gasteiger partial charge in [-0.1, -0.05) is 34.1 Å². The van der Waals surface area contributed by atoms with E-state index in [9.17, 15) is 19.8 Å². The van der Waals surface area contributed by atoms with Crippen LogP contribution in [-0.2, 0) is 20.9 Å². The molecule has 0 aromatic carbocycles. The lowest BCUT2D eigenvalue weighted by molar-refractivity contribution is -0.143. The molecule has 1 aromatic heterocycles. The predicted octanol–water partition coefficient (Wildman–Crippen LogP) is 3.20. The topological polar surface area (TPSA) is 138 Å². The molecule has 0 bridgehead atoms. The number of ketones is 1. The fraction of sp³-hybridized carbons (Fsp3) is 0.741. The maximum atomic E-state index is 13.2. The molecular formula is C27H43N3O5S. The van der Waals surface area contributed by atoms with Gasteiger partial charge in [0.15, 0.2) is 0 Å². The molecule has 4 unspecified atom stereocenters. The van der Waals surface area contributed by atoms with Crippen LogP contribution in [0.4, 0.5) is 0 Å². The lowest BCUT2D eigenvalue weighted by atomic mass is 9.72. The number of nitrogens with two attached hydrogens (primary N) is 1. The lowest BCUT2D eigenvalue weighted by Crippen LogP contribution is -2.47. The first kappa shape index (κ1) is 28.9. The molecule has 7 atom stereocenters. The van der Waals surface area contributed by atoms with Gasteiger partial charge < -0.3 is 26.0 Å². The van der Waals surface area contributed by atoms with Crippen molar-refractivity contribution < 1.29 is 24.5 Å².